The van der Waals surface area contributed by atoms with Crippen LogP contribution in [0.25, 0.3) is 0 Å². The minimum atomic E-state index is -3.25. The van der Waals surface area contributed by atoms with E-state index in [0.29, 0.717) is 11.0 Å². The Labute approximate surface area is 226 Å². The number of rotatable bonds is 6. The topological polar surface area (TPSA) is 88.2 Å². The summed E-state index contributed by atoms with van der Waals surface area (Å²) in [7, 11) is 0. The van der Waals surface area contributed by atoms with Crippen molar-refractivity contribution in [3.05, 3.63) is 64.5 Å². The molecule has 3 atom stereocenters. The van der Waals surface area contributed by atoms with Gasteiger partial charge >= 0.3 is 0 Å². The van der Waals surface area contributed by atoms with Crippen LogP contribution < -0.4 is 10.1 Å². The molecule has 0 spiro atoms. The van der Waals surface area contributed by atoms with E-state index in [1.54, 1.807) is 0 Å². The largest absolute Gasteiger partial charge is 0.488 e. The SMILES string of the molecule is [2H]C([2H])(Oc1cccc2c1C([2H])([2H])N(C1CCC(=O)NC1=O)C2=O)c1ccc(C([2H])([2H])N2C([2H])([2H])C([2H])(C)OC([2H])(C)C2([2H])[2H])cc1F. The lowest BCUT2D eigenvalue weighted by atomic mass is 10.0. The molecule has 0 aliphatic carbocycles. The van der Waals surface area contributed by atoms with Gasteiger partial charge in [-0.15, -0.1) is 0 Å². The number of ether oxygens (including phenoxy) is 2. The summed E-state index contributed by atoms with van der Waals surface area (Å²) in [6.07, 6.45) is -5.65. The number of halogens is 1. The van der Waals surface area contributed by atoms with Crippen molar-refractivity contribution in [2.24, 2.45) is 0 Å². The molecule has 0 aromatic heterocycles. The van der Waals surface area contributed by atoms with Crippen molar-refractivity contribution in [1.82, 2.24) is 15.1 Å². The summed E-state index contributed by atoms with van der Waals surface area (Å²) < 4.78 is 128. The monoisotopic (exact) mass is 507 g/mol. The smallest absolute Gasteiger partial charge is 0.255 e. The zero-order valence-corrected chi connectivity index (χ0v) is 19.3. The predicted octanol–water partition coefficient (Wildman–Crippen LogP) is 2.77. The second kappa shape index (κ2) is 9.99. The third-order valence-corrected chi connectivity index (χ3v) is 5.56. The Morgan fingerprint density at radius 3 is 2.72 bits per heavy atom. The summed E-state index contributed by atoms with van der Waals surface area (Å²) in [5.74, 6) is -4.37. The summed E-state index contributed by atoms with van der Waals surface area (Å²) in [4.78, 5) is 38.1. The highest BCUT2D eigenvalue weighted by Gasteiger charge is 2.40. The van der Waals surface area contributed by atoms with Crippen LogP contribution in [-0.4, -0.2) is 58.7 Å². The van der Waals surface area contributed by atoms with Gasteiger partial charge in [-0.2, -0.15) is 0 Å². The average molecular weight is 508 g/mol. The maximum absolute atomic E-state index is 15.7. The van der Waals surface area contributed by atoms with E-state index in [-0.39, 0.29) is 23.3 Å². The first kappa shape index (κ1) is 13.9. The molecule has 0 bridgehead atoms. The van der Waals surface area contributed by atoms with E-state index < -0.39 is 96.7 Å². The Hall–Kier alpha value is -3.30. The molecule has 0 saturated carbocycles. The third-order valence-electron chi connectivity index (χ3n) is 5.56. The molecule has 1 N–H and O–H groups in total. The number of nitrogens with zero attached hydrogens (tertiary/aromatic N) is 2. The quantitative estimate of drug-likeness (QED) is 0.605. The summed E-state index contributed by atoms with van der Waals surface area (Å²) in [6, 6.07) is 4.31. The molecular weight excluding hydrogens is 465 g/mol. The van der Waals surface area contributed by atoms with Gasteiger partial charge in [0.2, 0.25) is 11.8 Å². The molecule has 2 saturated heterocycles. The standard InChI is InChI=1S/C27H30FN3O5/c1-16-11-30(12-17(2)36-16)13-18-6-7-19(22(28)10-18)15-35-24-5-3-4-20-21(24)14-31(27(20)34)23-8-9-25(32)29-26(23)33/h3-7,10,16-17,23H,8-9,11-15H2,1-2H3,(H,29,32,33)/i11D2,12D2,13D2,14D2,15D2,16D,17D. The van der Waals surface area contributed by atoms with Crippen LogP contribution >= 0.6 is 0 Å². The van der Waals surface area contributed by atoms with Gasteiger partial charge in [0.05, 0.1) is 26.9 Å². The second-order valence-corrected chi connectivity index (χ2v) is 8.22. The minimum absolute atomic E-state index is 0.0311. The lowest BCUT2D eigenvalue weighted by Crippen LogP contribution is -2.52. The number of hydrogen-bond donors (Lipinski definition) is 1. The van der Waals surface area contributed by atoms with Crippen LogP contribution in [0.2, 0.25) is 0 Å². The normalized spacial score (nSPS) is 38.6. The van der Waals surface area contributed by atoms with Gasteiger partial charge in [0.1, 0.15) is 24.2 Å². The molecule has 3 aliphatic heterocycles. The molecule has 190 valence electrons. The molecule has 0 radical (unpaired) electrons. The predicted molar refractivity (Wildman–Crippen MR) is 129 cm³/mol. The number of carbonyl (C=O) groups is 3. The fraction of sp³-hybridized carbons (Fsp3) is 0.444. The van der Waals surface area contributed by atoms with Gasteiger partial charge in [0.15, 0.2) is 0 Å². The molecule has 2 fully saturated rings. The van der Waals surface area contributed by atoms with Crippen LogP contribution in [0.1, 0.15) is 70.2 Å². The summed E-state index contributed by atoms with van der Waals surface area (Å²) in [5, 5.41) is 2.06. The zero-order valence-electron chi connectivity index (χ0n) is 31.3. The van der Waals surface area contributed by atoms with E-state index in [2.05, 4.69) is 5.32 Å². The van der Waals surface area contributed by atoms with E-state index in [9.17, 15) is 14.4 Å². The average Bonchev–Trinajstić information content (AvgIpc) is 3.12. The molecule has 2 aromatic rings. The van der Waals surface area contributed by atoms with Crippen molar-refractivity contribution in [3.8, 4) is 5.75 Å². The van der Waals surface area contributed by atoms with Crippen molar-refractivity contribution in [3.63, 3.8) is 0 Å². The molecule has 9 heteroatoms. The molecule has 3 amide bonds. The number of piperidine rings is 1. The molecule has 5 rings (SSSR count). The molecule has 3 unspecified atom stereocenters. The third kappa shape index (κ3) is 4.99. The van der Waals surface area contributed by atoms with Crippen molar-refractivity contribution in [2.45, 2.75) is 64.4 Å². The zero-order chi connectivity index (χ0) is 36.2. The Morgan fingerprint density at radius 1 is 1.22 bits per heavy atom. The number of carbonyl (C=O) groups excluding carboxylic acids is 3. The second-order valence-electron chi connectivity index (χ2n) is 8.22. The van der Waals surface area contributed by atoms with Crippen molar-refractivity contribution >= 4 is 17.7 Å². The maximum atomic E-state index is 15.7. The van der Waals surface area contributed by atoms with Gasteiger partial charge in [-0.1, -0.05) is 18.2 Å². The first-order valence-corrected chi connectivity index (χ1v) is 11.0. The van der Waals surface area contributed by atoms with E-state index in [1.165, 1.54) is 12.1 Å². The van der Waals surface area contributed by atoms with E-state index in [0.717, 1.165) is 32.0 Å². The van der Waals surface area contributed by atoms with Crippen LogP contribution in [0.4, 0.5) is 4.39 Å². The Bertz CT molecular complexity index is 1690. The number of amides is 3. The van der Waals surface area contributed by atoms with Gasteiger partial charge in [0.25, 0.3) is 5.91 Å². The van der Waals surface area contributed by atoms with Crippen LogP contribution in [0.15, 0.2) is 36.4 Å². The van der Waals surface area contributed by atoms with Crippen molar-refractivity contribution in [2.75, 3.05) is 13.0 Å². The first-order valence-electron chi connectivity index (χ1n) is 17.0. The first-order chi connectivity index (χ1) is 21.7. The van der Waals surface area contributed by atoms with Gasteiger partial charge in [-0.3, -0.25) is 24.6 Å². The Kier molecular flexibility index (Phi) is 3.84. The lowest BCUT2D eigenvalue weighted by Gasteiger charge is -2.35. The molecule has 36 heavy (non-hydrogen) atoms. The fourth-order valence-corrected chi connectivity index (χ4v) is 3.94. The van der Waals surface area contributed by atoms with Crippen LogP contribution in [-0.2, 0) is 33.9 Å². The number of hydrogen-bond acceptors (Lipinski definition) is 6. The number of imide groups is 1. The molecule has 2 aromatic carbocycles. The number of benzene rings is 2. The van der Waals surface area contributed by atoms with Crippen molar-refractivity contribution < 1.29 is 44.7 Å². The Balaban J connectivity index is 1.50. The summed E-state index contributed by atoms with van der Waals surface area (Å²) >= 11 is 0. The highest BCUT2D eigenvalue weighted by molar-refractivity contribution is 6.05. The fourth-order valence-electron chi connectivity index (χ4n) is 3.94. The van der Waals surface area contributed by atoms with Gasteiger partial charge in [-0.25, -0.2) is 4.39 Å². The molecular formula is C27H30FN3O5. The summed E-state index contributed by atoms with van der Waals surface area (Å²) in [6.45, 7) is -13.8. The van der Waals surface area contributed by atoms with Crippen LogP contribution in [0.5, 0.6) is 5.75 Å². The van der Waals surface area contributed by atoms with Crippen LogP contribution in [0, 0.1) is 5.82 Å². The summed E-state index contributed by atoms with van der Waals surface area (Å²) in [5.41, 5.74) is -2.26. The lowest BCUT2D eigenvalue weighted by molar-refractivity contribution is -0.136. The number of fused-ring (bicyclic) bond motifs is 1. The minimum Gasteiger partial charge on any atom is -0.488 e. The van der Waals surface area contributed by atoms with Gasteiger partial charge in [0, 0.05) is 50.8 Å². The maximum Gasteiger partial charge on any atom is 0.255 e. The molecule has 3 heterocycles. The van der Waals surface area contributed by atoms with E-state index in [4.69, 9.17) is 25.9 Å². The van der Waals surface area contributed by atoms with Crippen LogP contribution in [0.3, 0.4) is 0 Å². The highest BCUT2D eigenvalue weighted by Crippen LogP contribution is 2.34. The number of morpholine rings is 1. The number of nitrogens with one attached hydrogen (secondary N) is 1. The Morgan fingerprint density at radius 2 is 2.00 bits per heavy atom. The highest BCUT2D eigenvalue weighted by atomic mass is 19.1. The molecule has 3 aliphatic rings. The van der Waals surface area contributed by atoms with E-state index in [1.807, 2.05) is 0 Å². The van der Waals surface area contributed by atoms with Gasteiger partial charge < -0.3 is 14.4 Å². The van der Waals surface area contributed by atoms with Crippen molar-refractivity contribution in [1.29, 1.82) is 0 Å². The van der Waals surface area contributed by atoms with Gasteiger partial charge in [-0.05, 0) is 44.0 Å². The molecule has 8 nitrogen and oxygen atoms in total. The van der Waals surface area contributed by atoms with E-state index >= 15 is 4.39 Å².